The van der Waals surface area contributed by atoms with Crippen molar-refractivity contribution in [2.45, 2.75) is 11.8 Å². The molecule has 0 bridgehead atoms. The van der Waals surface area contributed by atoms with E-state index >= 15 is 0 Å². The van der Waals surface area contributed by atoms with Gasteiger partial charge in [0.2, 0.25) is 0 Å². The van der Waals surface area contributed by atoms with Crippen LogP contribution in [0.3, 0.4) is 0 Å². The highest BCUT2D eigenvalue weighted by Gasteiger charge is 2.26. The first-order valence-corrected chi connectivity index (χ1v) is 6.65. The summed E-state index contributed by atoms with van der Waals surface area (Å²) in [5.41, 5.74) is -0.238. The SMILES string of the molecule is CCOC(=O)N(C)S(=O)(=O)c1ccc([N+](=O)[O-])cc1. The van der Waals surface area contributed by atoms with Gasteiger partial charge in [0.25, 0.3) is 15.7 Å². The van der Waals surface area contributed by atoms with E-state index in [-0.39, 0.29) is 17.2 Å². The molecule has 0 aliphatic carbocycles. The van der Waals surface area contributed by atoms with Gasteiger partial charge >= 0.3 is 6.09 Å². The molecule has 1 aromatic rings. The smallest absolute Gasteiger partial charge is 0.423 e. The fourth-order valence-electron chi connectivity index (χ4n) is 1.21. The molecule has 1 amide bonds. The highest BCUT2D eigenvalue weighted by Crippen LogP contribution is 2.19. The molecule has 0 saturated carbocycles. The molecular formula is C10H12N2O6S. The number of hydrogen-bond acceptors (Lipinski definition) is 6. The number of non-ortho nitro benzene ring substituents is 1. The van der Waals surface area contributed by atoms with Crippen molar-refractivity contribution in [1.82, 2.24) is 4.31 Å². The van der Waals surface area contributed by atoms with E-state index in [0.29, 0.717) is 4.31 Å². The van der Waals surface area contributed by atoms with Crippen LogP contribution in [-0.2, 0) is 14.8 Å². The second-order valence-corrected chi connectivity index (χ2v) is 5.39. The summed E-state index contributed by atoms with van der Waals surface area (Å²) in [4.78, 5) is 20.9. The summed E-state index contributed by atoms with van der Waals surface area (Å²) in [6.45, 7) is 1.59. The maximum absolute atomic E-state index is 12.0. The molecule has 0 aliphatic heterocycles. The number of nitro groups is 1. The number of hydrogen-bond donors (Lipinski definition) is 0. The zero-order valence-electron chi connectivity index (χ0n) is 10.3. The minimum absolute atomic E-state index is 0.0406. The van der Waals surface area contributed by atoms with Crippen molar-refractivity contribution in [2.75, 3.05) is 13.7 Å². The van der Waals surface area contributed by atoms with Crippen LogP contribution in [0.15, 0.2) is 29.2 Å². The van der Waals surface area contributed by atoms with Gasteiger partial charge in [-0.2, -0.15) is 0 Å². The van der Waals surface area contributed by atoms with Crippen LogP contribution in [0.5, 0.6) is 0 Å². The van der Waals surface area contributed by atoms with Gasteiger partial charge in [0.1, 0.15) is 0 Å². The molecule has 1 aromatic carbocycles. The van der Waals surface area contributed by atoms with Gasteiger partial charge in [-0.25, -0.2) is 17.5 Å². The van der Waals surface area contributed by atoms with E-state index in [4.69, 9.17) is 0 Å². The van der Waals surface area contributed by atoms with Crippen LogP contribution in [0.4, 0.5) is 10.5 Å². The molecule has 8 nitrogen and oxygen atoms in total. The monoisotopic (exact) mass is 288 g/mol. The van der Waals surface area contributed by atoms with Gasteiger partial charge in [0, 0.05) is 19.2 Å². The minimum Gasteiger partial charge on any atom is -0.449 e. The van der Waals surface area contributed by atoms with Gasteiger partial charge in [-0.15, -0.1) is 0 Å². The number of sulfonamides is 1. The predicted octanol–water partition coefficient (Wildman–Crippen LogP) is 1.37. The Morgan fingerprint density at radius 1 is 1.37 bits per heavy atom. The summed E-state index contributed by atoms with van der Waals surface area (Å²) in [7, 11) is -3.02. The maximum Gasteiger partial charge on any atom is 0.423 e. The second kappa shape index (κ2) is 5.65. The predicted molar refractivity (Wildman–Crippen MR) is 65.1 cm³/mol. The van der Waals surface area contributed by atoms with Crippen molar-refractivity contribution in [2.24, 2.45) is 0 Å². The lowest BCUT2D eigenvalue weighted by Crippen LogP contribution is -2.33. The molecule has 9 heteroatoms. The van der Waals surface area contributed by atoms with E-state index in [0.717, 1.165) is 31.3 Å². The van der Waals surface area contributed by atoms with E-state index in [1.807, 2.05) is 0 Å². The van der Waals surface area contributed by atoms with Crippen molar-refractivity contribution in [1.29, 1.82) is 0 Å². The summed E-state index contributed by atoms with van der Waals surface area (Å²) >= 11 is 0. The standard InChI is InChI=1S/C10H12N2O6S/c1-3-18-10(13)11(2)19(16,17)9-6-4-8(5-7-9)12(14)15/h4-7H,3H2,1-2H3. The molecule has 0 aliphatic rings. The zero-order valence-corrected chi connectivity index (χ0v) is 11.1. The maximum atomic E-state index is 12.0. The van der Waals surface area contributed by atoms with E-state index in [2.05, 4.69) is 4.74 Å². The average molecular weight is 288 g/mol. The molecule has 0 atom stereocenters. The van der Waals surface area contributed by atoms with E-state index in [1.165, 1.54) is 0 Å². The van der Waals surface area contributed by atoms with E-state index < -0.39 is 21.0 Å². The summed E-state index contributed by atoms with van der Waals surface area (Å²) in [5, 5.41) is 10.5. The summed E-state index contributed by atoms with van der Waals surface area (Å²) in [5.74, 6) is 0. The summed E-state index contributed by atoms with van der Waals surface area (Å²) < 4.78 is 29.0. The molecule has 0 fully saturated rings. The zero-order chi connectivity index (χ0) is 14.6. The Hall–Kier alpha value is -2.16. The molecule has 1 rings (SSSR count). The first kappa shape index (κ1) is 14.9. The third-order valence-electron chi connectivity index (χ3n) is 2.23. The molecule has 104 valence electrons. The molecule has 0 spiro atoms. The highest BCUT2D eigenvalue weighted by atomic mass is 32.2. The van der Waals surface area contributed by atoms with Gasteiger partial charge in [-0.05, 0) is 19.1 Å². The van der Waals surface area contributed by atoms with Crippen LogP contribution >= 0.6 is 0 Å². The largest absolute Gasteiger partial charge is 0.449 e. The normalized spacial score (nSPS) is 10.8. The quantitative estimate of drug-likeness (QED) is 0.611. The first-order valence-electron chi connectivity index (χ1n) is 5.21. The molecule has 0 aromatic heterocycles. The van der Waals surface area contributed by atoms with E-state index in [1.54, 1.807) is 6.92 Å². The third kappa shape index (κ3) is 3.19. The Balaban J connectivity index is 3.06. The Bertz CT molecular complexity index is 581. The lowest BCUT2D eigenvalue weighted by atomic mass is 10.3. The number of carbonyl (C=O) groups excluding carboxylic acids is 1. The lowest BCUT2D eigenvalue weighted by molar-refractivity contribution is -0.384. The van der Waals surface area contributed by atoms with Crippen molar-refractivity contribution in [3.63, 3.8) is 0 Å². The van der Waals surface area contributed by atoms with Crippen molar-refractivity contribution in [3.05, 3.63) is 34.4 Å². The fourth-order valence-corrected chi connectivity index (χ4v) is 2.26. The van der Waals surface area contributed by atoms with Gasteiger partial charge in [0.15, 0.2) is 0 Å². The van der Waals surface area contributed by atoms with Gasteiger partial charge < -0.3 is 4.74 Å². The Labute approximate surface area is 109 Å². The van der Waals surface area contributed by atoms with Crippen molar-refractivity contribution < 1.29 is 22.9 Å². The number of amides is 1. The molecule has 0 unspecified atom stereocenters. The molecule has 0 N–H and O–H groups in total. The van der Waals surface area contributed by atoms with Gasteiger partial charge in [-0.3, -0.25) is 10.1 Å². The summed E-state index contributed by atoms with van der Waals surface area (Å²) in [6, 6.07) is 4.21. The van der Waals surface area contributed by atoms with E-state index in [9.17, 15) is 23.3 Å². The number of rotatable bonds is 4. The van der Waals surface area contributed by atoms with Crippen LogP contribution in [-0.4, -0.2) is 37.4 Å². The molecule has 19 heavy (non-hydrogen) atoms. The average Bonchev–Trinajstić information content (AvgIpc) is 2.38. The number of ether oxygens (including phenoxy) is 1. The van der Waals surface area contributed by atoms with Gasteiger partial charge in [-0.1, -0.05) is 0 Å². The Morgan fingerprint density at radius 3 is 2.32 bits per heavy atom. The van der Waals surface area contributed by atoms with Crippen LogP contribution in [0.1, 0.15) is 6.92 Å². The van der Waals surface area contributed by atoms with Crippen LogP contribution in [0.2, 0.25) is 0 Å². The topological polar surface area (TPSA) is 107 Å². The first-order chi connectivity index (χ1) is 8.80. The molecular weight excluding hydrogens is 276 g/mol. The number of nitrogens with zero attached hydrogens (tertiary/aromatic N) is 2. The number of nitro benzene ring substituents is 1. The molecule has 0 heterocycles. The Morgan fingerprint density at radius 2 is 1.89 bits per heavy atom. The van der Waals surface area contributed by atoms with Crippen LogP contribution in [0.25, 0.3) is 0 Å². The third-order valence-corrected chi connectivity index (χ3v) is 3.97. The van der Waals surface area contributed by atoms with Crippen LogP contribution < -0.4 is 0 Å². The Kier molecular flexibility index (Phi) is 4.43. The minimum atomic E-state index is -4.07. The fraction of sp³-hybridized carbons (Fsp3) is 0.300. The molecule has 0 radical (unpaired) electrons. The lowest BCUT2D eigenvalue weighted by Gasteiger charge is -2.16. The number of benzene rings is 1. The van der Waals surface area contributed by atoms with Gasteiger partial charge in [0.05, 0.1) is 16.4 Å². The van der Waals surface area contributed by atoms with Crippen LogP contribution in [0, 0.1) is 10.1 Å². The van der Waals surface area contributed by atoms with Crippen molar-refractivity contribution >= 4 is 21.8 Å². The number of carbonyl (C=O) groups is 1. The van der Waals surface area contributed by atoms with Crippen molar-refractivity contribution in [3.8, 4) is 0 Å². The second-order valence-electron chi connectivity index (χ2n) is 3.42. The highest BCUT2D eigenvalue weighted by molar-refractivity contribution is 7.89. The summed E-state index contributed by atoms with van der Waals surface area (Å²) in [6.07, 6.45) is -1.01. The molecule has 0 saturated heterocycles.